The molecule has 0 radical (unpaired) electrons. The molecule has 0 bridgehead atoms. The highest BCUT2D eigenvalue weighted by Crippen LogP contribution is 2.32. The van der Waals surface area contributed by atoms with Crippen molar-refractivity contribution in [1.29, 1.82) is 0 Å². The zero-order chi connectivity index (χ0) is 14.0. The highest BCUT2D eigenvalue weighted by Gasteiger charge is 2.31. The summed E-state index contributed by atoms with van der Waals surface area (Å²) in [6.07, 6.45) is 9.22. The molecular weight excluding hydrogens is 252 g/mol. The maximum absolute atomic E-state index is 2.74. The Morgan fingerprint density at radius 1 is 1.00 bits per heavy atom. The lowest BCUT2D eigenvalue weighted by Crippen LogP contribution is -2.42. The standard InChI is InChI=1S/C16H34N2S/c1-16(2,3)18-11-6-14(13-18)12-17-9-7-15(8-10-17)19(4)5/h14-15,19H,6-13H2,1-5H3/t14-/m0/s1. The molecule has 0 N–H and O–H groups in total. The van der Waals surface area contributed by atoms with Crippen molar-refractivity contribution >= 4 is 10.9 Å². The Labute approximate surface area is 123 Å². The molecule has 3 heteroatoms. The number of rotatable bonds is 3. The summed E-state index contributed by atoms with van der Waals surface area (Å²) >= 11 is 0. The summed E-state index contributed by atoms with van der Waals surface area (Å²) in [6, 6.07) is 0. The van der Waals surface area contributed by atoms with Gasteiger partial charge in [0.15, 0.2) is 0 Å². The minimum Gasteiger partial charge on any atom is -0.303 e. The van der Waals surface area contributed by atoms with Crippen molar-refractivity contribution in [2.75, 3.05) is 45.2 Å². The Balaban J connectivity index is 1.72. The summed E-state index contributed by atoms with van der Waals surface area (Å²) in [5.41, 5.74) is 0.363. The fourth-order valence-corrected chi connectivity index (χ4v) is 4.84. The quantitative estimate of drug-likeness (QED) is 0.797. The third kappa shape index (κ3) is 4.37. The maximum Gasteiger partial charge on any atom is 0.0125 e. The summed E-state index contributed by atoms with van der Waals surface area (Å²) in [5.74, 6) is 0.917. The van der Waals surface area contributed by atoms with Gasteiger partial charge in [0.05, 0.1) is 0 Å². The van der Waals surface area contributed by atoms with Crippen molar-refractivity contribution < 1.29 is 0 Å². The summed E-state index contributed by atoms with van der Waals surface area (Å²) in [5, 5.41) is 1.04. The third-order valence-electron chi connectivity index (χ3n) is 5.04. The second kappa shape index (κ2) is 6.36. The summed E-state index contributed by atoms with van der Waals surface area (Å²) in [7, 11) is 0.290. The van der Waals surface area contributed by atoms with E-state index in [1.165, 1.54) is 52.0 Å². The highest BCUT2D eigenvalue weighted by atomic mass is 32.2. The van der Waals surface area contributed by atoms with E-state index >= 15 is 0 Å². The van der Waals surface area contributed by atoms with E-state index in [2.05, 4.69) is 43.1 Å². The van der Waals surface area contributed by atoms with Crippen LogP contribution in [0.2, 0.25) is 0 Å². The van der Waals surface area contributed by atoms with E-state index < -0.39 is 0 Å². The van der Waals surface area contributed by atoms with E-state index in [1.807, 2.05) is 0 Å². The van der Waals surface area contributed by atoms with Crippen molar-refractivity contribution in [3.05, 3.63) is 0 Å². The van der Waals surface area contributed by atoms with Gasteiger partial charge in [-0.05, 0) is 83.3 Å². The predicted molar refractivity (Wildman–Crippen MR) is 89.7 cm³/mol. The fourth-order valence-electron chi connectivity index (χ4n) is 3.57. The van der Waals surface area contributed by atoms with E-state index in [0.717, 1.165) is 11.2 Å². The summed E-state index contributed by atoms with van der Waals surface area (Å²) in [6.45, 7) is 13.7. The van der Waals surface area contributed by atoms with Crippen LogP contribution >= 0.6 is 10.9 Å². The Hall–Kier alpha value is 0.270. The molecule has 0 unspecified atom stereocenters. The van der Waals surface area contributed by atoms with Crippen LogP contribution in [0, 0.1) is 5.92 Å². The molecule has 1 atom stereocenters. The largest absolute Gasteiger partial charge is 0.303 e. The van der Waals surface area contributed by atoms with Gasteiger partial charge in [-0.2, -0.15) is 0 Å². The molecule has 0 aromatic heterocycles. The van der Waals surface area contributed by atoms with Crippen LogP contribution in [-0.4, -0.2) is 65.8 Å². The van der Waals surface area contributed by atoms with E-state index in [9.17, 15) is 0 Å². The summed E-state index contributed by atoms with van der Waals surface area (Å²) in [4.78, 5) is 5.41. The molecule has 2 aliphatic rings. The van der Waals surface area contributed by atoms with Crippen LogP contribution in [0.25, 0.3) is 0 Å². The number of hydrogen-bond acceptors (Lipinski definition) is 2. The summed E-state index contributed by atoms with van der Waals surface area (Å²) < 4.78 is 0. The fraction of sp³-hybridized carbons (Fsp3) is 1.00. The molecule has 0 amide bonds. The topological polar surface area (TPSA) is 6.48 Å². The smallest absolute Gasteiger partial charge is 0.0125 e. The first-order valence-corrected chi connectivity index (χ1v) is 10.3. The number of hydrogen-bond donors (Lipinski definition) is 1. The zero-order valence-electron chi connectivity index (χ0n) is 13.7. The number of thiol groups is 1. The molecule has 0 aromatic rings. The molecule has 2 nitrogen and oxygen atoms in total. The van der Waals surface area contributed by atoms with Crippen molar-refractivity contribution in [3.63, 3.8) is 0 Å². The lowest BCUT2D eigenvalue weighted by molar-refractivity contribution is 0.153. The molecular formula is C16H34N2S. The van der Waals surface area contributed by atoms with E-state index in [-0.39, 0.29) is 10.9 Å². The normalized spacial score (nSPS) is 28.9. The maximum atomic E-state index is 2.74. The SMILES string of the molecule is C[SH](C)C1CCN(C[C@@H]2CCN(C(C)(C)C)C2)CC1. The van der Waals surface area contributed by atoms with Crippen molar-refractivity contribution in [1.82, 2.24) is 9.80 Å². The van der Waals surface area contributed by atoms with Crippen molar-refractivity contribution in [3.8, 4) is 0 Å². The van der Waals surface area contributed by atoms with Crippen molar-refractivity contribution in [2.24, 2.45) is 5.92 Å². The molecule has 114 valence electrons. The monoisotopic (exact) mass is 286 g/mol. The molecule has 2 rings (SSSR count). The first-order valence-electron chi connectivity index (χ1n) is 8.00. The number of piperidine rings is 1. The zero-order valence-corrected chi connectivity index (χ0v) is 14.5. The molecule has 2 fully saturated rings. The van der Waals surface area contributed by atoms with Crippen LogP contribution in [0.4, 0.5) is 0 Å². The van der Waals surface area contributed by atoms with Gasteiger partial charge in [0.1, 0.15) is 0 Å². The second-order valence-electron chi connectivity index (χ2n) is 7.77. The van der Waals surface area contributed by atoms with Crippen LogP contribution in [-0.2, 0) is 0 Å². The lowest BCUT2D eigenvalue weighted by Gasteiger charge is -2.36. The molecule has 0 aliphatic carbocycles. The third-order valence-corrected chi connectivity index (χ3v) is 7.02. The van der Waals surface area contributed by atoms with Gasteiger partial charge in [0, 0.05) is 18.6 Å². The first-order chi connectivity index (χ1) is 8.86. The molecule has 2 heterocycles. The van der Waals surface area contributed by atoms with Gasteiger partial charge in [-0.1, -0.05) is 0 Å². The molecule has 2 saturated heterocycles. The van der Waals surface area contributed by atoms with Gasteiger partial charge in [-0.3, -0.25) is 15.8 Å². The first kappa shape index (κ1) is 15.7. The van der Waals surface area contributed by atoms with Crippen LogP contribution in [0.1, 0.15) is 40.0 Å². The minimum atomic E-state index is 0.290. The van der Waals surface area contributed by atoms with Crippen LogP contribution in [0.3, 0.4) is 0 Å². The molecule has 0 spiro atoms. The van der Waals surface area contributed by atoms with Gasteiger partial charge in [-0.15, -0.1) is 0 Å². The Morgan fingerprint density at radius 3 is 2.11 bits per heavy atom. The molecule has 0 saturated carbocycles. The molecule has 19 heavy (non-hydrogen) atoms. The van der Waals surface area contributed by atoms with Gasteiger partial charge in [0.25, 0.3) is 0 Å². The molecule has 2 aliphatic heterocycles. The average molecular weight is 287 g/mol. The average Bonchev–Trinajstić information content (AvgIpc) is 2.78. The van der Waals surface area contributed by atoms with E-state index in [1.54, 1.807) is 0 Å². The van der Waals surface area contributed by atoms with Gasteiger partial charge in [-0.25, -0.2) is 0 Å². The second-order valence-corrected chi connectivity index (χ2v) is 10.4. The van der Waals surface area contributed by atoms with E-state index in [0.29, 0.717) is 5.54 Å². The highest BCUT2D eigenvalue weighted by molar-refractivity contribution is 8.16. The lowest BCUT2D eigenvalue weighted by atomic mass is 10.0. The number of likely N-dealkylation sites (tertiary alicyclic amines) is 2. The number of nitrogens with zero attached hydrogens (tertiary/aromatic N) is 2. The van der Waals surface area contributed by atoms with Crippen molar-refractivity contribution in [2.45, 2.75) is 50.8 Å². The van der Waals surface area contributed by atoms with Crippen LogP contribution < -0.4 is 0 Å². The van der Waals surface area contributed by atoms with E-state index in [4.69, 9.17) is 0 Å². The Morgan fingerprint density at radius 2 is 1.63 bits per heavy atom. The minimum absolute atomic E-state index is 0.290. The van der Waals surface area contributed by atoms with Gasteiger partial charge < -0.3 is 4.90 Å². The predicted octanol–water partition coefficient (Wildman–Crippen LogP) is 2.83. The van der Waals surface area contributed by atoms with Gasteiger partial charge in [0.2, 0.25) is 0 Å². The van der Waals surface area contributed by atoms with Crippen LogP contribution in [0.15, 0.2) is 0 Å². The van der Waals surface area contributed by atoms with Crippen LogP contribution in [0.5, 0.6) is 0 Å². The molecule has 0 aromatic carbocycles. The Bertz CT molecular complexity index is 277. The Kier molecular flexibility index (Phi) is 5.24. The van der Waals surface area contributed by atoms with Gasteiger partial charge >= 0.3 is 0 Å².